The Morgan fingerprint density at radius 2 is 1.89 bits per heavy atom. The van der Waals surface area contributed by atoms with Crippen LogP contribution in [0.2, 0.25) is 0 Å². The molecule has 0 atom stereocenters. The zero-order valence-corrected chi connectivity index (χ0v) is 16.7. The second kappa shape index (κ2) is 9.35. The molecule has 6 nitrogen and oxygen atoms in total. The number of amides is 2. The van der Waals surface area contributed by atoms with Crippen molar-refractivity contribution in [2.45, 2.75) is 40.0 Å². The van der Waals surface area contributed by atoms with Crippen molar-refractivity contribution in [2.75, 3.05) is 20.1 Å². The number of carbonyl (C=O) groups excluding carboxylic acids is 2. The van der Waals surface area contributed by atoms with Crippen molar-refractivity contribution in [1.29, 1.82) is 0 Å². The maximum atomic E-state index is 12.2. The van der Waals surface area contributed by atoms with E-state index >= 15 is 0 Å². The number of nitrogens with zero attached hydrogens (tertiary/aromatic N) is 2. The third-order valence-corrected chi connectivity index (χ3v) is 4.37. The lowest BCUT2D eigenvalue weighted by atomic mass is 9.96. The number of aryl methyl sites for hydroxylation is 1. The van der Waals surface area contributed by atoms with Gasteiger partial charge in [0.25, 0.3) is 0 Å². The maximum Gasteiger partial charge on any atom is 0.225 e. The monoisotopic (exact) mass is 370 g/mol. The van der Waals surface area contributed by atoms with Gasteiger partial charge >= 0.3 is 0 Å². The van der Waals surface area contributed by atoms with Crippen molar-refractivity contribution < 1.29 is 9.59 Å². The number of carbonyl (C=O) groups is 2. The van der Waals surface area contributed by atoms with Gasteiger partial charge in [-0.3, -0.25) is 14.7 Å². The van der Waals surface area contributed by atoms with E-state index in [1.54, 1.807) is 11.9 Å². The molecule has 0 spiro atoms. The summed E-state index contributed by atoms with van der Waals surface area (Å²) in [5, 5.41) is 10.2. The summed E-state index contributed by atoms with van der Waals surface area (Å²) < 4.78 is 0. The number of aromatic nitrogens is 2. The second-order valence-corrected chi connectivity index (χ2v) is 7.82. The predicted octanol–water partition coefficient (Wildman–Crippen LogP) is 3.02. The Hall–Kier alpha value is -2.63. The first-order valence-corrected chi connectivity index (χ1v) is 9.39. The molecule has 0 aliphatic heterocycles. The molecule has 2 N–H and O–H groups in total. The Morgan fingerprint density at radius 3 is 2.56 bits per heavy atom. The number of rotatable bonds is 8. The fraction of sp³-hybridized carbons (Fsp3) is 0.476. The van der Waals surface area contributed by atoms with Crippen molar-refractivity contribution in [3.63, 3.8) is 0 Å². The first kappa shape index (κ1) is 20.7. The average Bonchev–Trinajstić information content (AvgIpc) is 3.10. The Labute approximate surface area is 161 Å². The minimum Gasteiger partial charge on any atom is -0.355 e. The van der Waals surface area contributed by atoms with Gasteiger partial charge in [-0.1, -0.05) is 51.1 Å². The van der Waals surface area contributed by atoms with E-state index in [1.165, 1.54) is 0 Å². The smallest absolute Gasteiger partial charge is 0.225 e. The molecule has 0 radical (unpaired) electrons. The number of H-pyrrole nitrogens is 1. The van der Waals surface area contributed by atoms with E-state index in [-0.39, 0.29) is 11.8 Å². The van der Waals surface area contributed by atoms with Crippen LogP contribution in [0.25, 0.3) is 11.3 Å². The lowest BCUT2D eigenvalue weighted by Gasteiger charge is -2.19. The molecule has 0 aliphatic carbocycles. The van der Waals surface area contributed by atoms with Crippen LogP contribution in [0.15, 0.2) is 36.4 Å². The standard InChI is InChI=1S/C21H30N4O2/c1-21(2,3)20(27)22-13-12-19(26)25(4)14-8-11-17-15-18(24-23-17)16-9-6-5-7-10-16/h5-7,9-10,15H,8,11-14H2,1-4H3,(H,22,27)(H,23,24). The summed E-state index contributed by atoms with van der Waals surface area (Å²) in [6.45, 7) is 6.62. The highest BCUT2D eigenvalue weighted by molar-refractivity contribution is 5.82. The van der Waals surface area contributed by atoms with Gasteiger partial charge in [-0.2, -0.15) is 5.10 Å². The lowest BCUT2D eigenvalue weighted by Crippen LogP contribution is -2.37. The molecule has 1 aromatic carbocycles. The van der Waals surface area contributed by atoms with Crippen LogP contribution in [0.3, 0.4) is 0 Å². The molecule has 1 heterocycles. The lowest BCUT2D eigenvalue weighted by molar-refractivity contribution is -0.130. The number of benzene rings is 1. The van der Waals surface area contributed by atoms with Crippen LogP contribution in [-0.4, -0.2) is 47.0 Å². The van der Waals surface area contributed by atoms with Crippen LogP contribution in [0.5, 0.6) is 0 Å². The third-order valence-electron chi connectivity index (χ3n) is 4.37. The summed E-state index contributed by atoms with van der Waals surface area (Å²) >= 11 is 0. The van der Waals surface area contributed by atoms with Crippen LogP contribution < -0.4 is 5.32 Å². The minimum absolute atomic E-state index is 0.0357. The van der Waals surface area contributed by atoms with Crippen molar-refractivity contribution in [3.05, 3.63) is 42.1 Å². The van der Waals surface area contributed by atoms with E-state index < -0.39 is 5.41 Å². The predicted molar refractivity (Wildman–Crippen MR) is 107 cm³/mol. The van der Waals surface area contributed by atoms with Gasteiger partial charge in [0.1, 0.15) is 0 Å². The van der Waals surface area contributed by atoms with E-state index in [0.29, 0.717) is 19.5 Å². The summed E-state index contributed by atoms with van der Waals surface area (Å²) in [6, 6.07) is 12.1. The molecule has 0 fully saturated rings. The molecule has 2 aromatic rings. The fourth-order valence-electron chi connectivity index (χ4n) is 2.62. The molecule has 6 heteroatoms. The highest BCUT2D eigenvalue weighted by Gasteiger charge is 2.20. The molecular weight excluding hydrogens is 340 g/mol. The quantitative estimate of drug-likeness (QED) is 0.750. The molecule has 2 amide bonds. The molecule has 0 unspecified atom stereocenters. The SMILES string of the molecule is CN(CCCc1cc(-c2ccccc2)n[nH]1)C(=O)CCNC(=O)C(C)(C)C. The highest BCUT2D eigenvalue weighted by Crippen LogP contribution is 2.17. The molecule has 146 valence electrons. The van der Waals surface area contributed by atoms with Crippen molar-refractivity contribution in [2.24, 2.45) is 5.41 Å². The Kier molecular flexibility index (Phi) is 7.16. The number of hydrogen-bond acceptors (Lipinski definition) is 3. The van der Waals surface area contributed by atoms with E-state index in [0.717, 1.165) is 29.8 Å². The van der Waals surface area contributed by atoms with Crippen LogP contribution in [0, 0.1) is 5.41 Å². The van der Waals surface area contributed by atoms with Crippen LogP contribution in [0.1, 0.15) is 39.3 Å². The normalized spacial score (nSPS) is 11.3. The van der Waals surface area contributed by atoms with Gasteiger partial charge in [0, 0.05) is 43.2 Å². The van der Waals surface area contributed by atoms with Crippen molar-refractivity contribution >= 4 is 11.8 Å². The summed E-state index contributed by atoms with van der Waals surface area (Å²) in [5.74, 6) is 0.00483. The van der Waals surface area contributed by atoms with Gasteiger partial charge in [-0.15, -0.1) is 0 Å². The van der Waals surface area contributed by atoms with Crippen LogP contribution >= 0.6 is 0 Å². The average molecular weight is 370 g/mol. The molecule has 2 rings (SSSR count). The molecule has 0 saturated carbocycles. The number of aromatic amines is 1. The first-order chi connectivity index (χ1) is 12.8. The summed E-state index contributed by atoms with van der Waals surface area (Å²) in [6.07, 6.45) is 2.01. The van der Waals surface area contributed by atoms with E-state index in [4.69, 9.17) is 0 Å². The largest absolute Gasteiger partial charge is 0.355 e. The zero-order valence-electron chi connectivity index (χ0n) is 16.7. The van der Waals surface area contributed by atoms with Gasteiger partial charge < -0.3 is 10.2 Å². The third kappa shape index (κ3) is 6.55. The molecule has 0 bridgehead atoms. The molecular formula is C21H30N4O2. The number of nitrogens with one attached hydrogen (secondary N) is 2. The van der Waals surface area contributed by atoms with E-state index in [2.05, 4.69) is 21.6 Å². The summed E-state index contributed by atoms with van der Waals surface area (Å²) in [4.78, 5) is 25.7. The van der Waals surface area contributed by atoms with Crippen molar-refractivity contribution in [3.8, 4) is 11.3 Å². The fourth-order valence-corrected chi connectivity index (χ4v) is 2.62. The highest BCUT2D eigenvalue weighted by atomic mass is 16.2. The zero-order chi connectivity index (χ0) is 19.9. The Balaban J connectivity index is 1.70. The van der Waals surface area contributed by atoms with Gasteiger partial charge in [0.05, 0.1) is 5.69 Å². The first-order valence-electron chi connectivity index (χ1n) is 9.39. The molecule has 0 saturated heterocycles. The Morgan fingerprint density at radius 1 is 1.19 bits per heavy atom. The van der Waals surface area contributed by atoms with Crippen molar-refractivity contribution in [1.82, 2.24) is 20.4 Å². The summed E-state index contributed by atoms with van der Waals surface area (Å²) in [5.41, 5.74) is 2.65. The molecule has 0 aliphatic rings. The van der Waals surface area contributed by atoms with E-state index in [9.17, 15) is 9.59 Å². The summed E-state index contributed by atoms with van der Waals surface area (Å²) in [7, 11) is 1.80. The molecule has 27 heavy (non-hydrogen) atoms. The van der Waals surface area contributed by atoms with Crippen LogP contribution in [-0.2, 0) is 16.0 Å². The second-order valence-electron chi connectivity index (χ2n) is 7.82. The van der Waals surface area contributed by atoms with Gasteiger partial charge in [0.2, 0.25) is 11.8 Å². The van der Waals surface area contributed by atoms with Gasteiger partial charge in [-0.25, -0.2) is 0 Å². The van der Waals surface area contributed by atoms with Gasteiger partial charge in [-0.05, 0) is 18.9 Å². The number of hydrogen-bond donors (Lipinski definition) is 2. The minimum atomic E-state index is -0.433. The van der Waals surface area contributed by atoms with Crippen LogP contribution in [0.4, 0.5) is 0 Å². The van der Waals surface area contributed by atoms with E-state index in [1.807, 2.05) is 51.1 Å². The van der Waals surface area contributed by atoms with Gasteiger partial charge in [0.15, 0.2) is 0 Å². The topological polar surface area (TPSA) is 78.1 Å². The maximum absolute atomic E-state index is 12.2. The Bertz CT molecular complexity index is 747. The molecule has 1 aromatic heterocycles.